The van der Waals surface area contributed by atoms with E-state index in [0.717, 1.165) is 29.7 Å². The summed E-state index contributed by atoms with van der Waals surface area (Å²) in [5, 5.41) is 9.15. The highest BCUT2D eigenvalue weighted by atomic mass is 19.4. The number of aryl methyl sites for hydroxylation is 1. The van der Waals surface area contributed by atoms with E-state index >= 15 is 0 Å². The fraction of sp³-hybridized carbons (Fsp3) is 0.243. The van der Waals surface area contributed by atoms with Crippen LogP contribution in [0.4, 0.5) is 30.7 Å². The summed E-state index contributed by atoms with van der Waals surface area (Å²) in [6.45, 7) is -0.196. The SMILES string of the molecule is COC(=O)c1ccc(CCC(C=Cc2ccccc2OCc2ccc(C(F)(C(F)(F)F)C(F)(F)F)cc2)Cc2ccc(C#N)cc2)cc1. The van der Waals surface area contributed by atoms with Crippen LogP contribution >= 0.6 is 0 Å². The molecule has 11 heteroatoms. The summed E-state index contributed by atoms with van der Waals surface area (Å²) < 4.78 is 104. The molecule has 1 unspecified atom stereocenters. The van der Waals surface area contributed by atoms with Crippen molar-refractivity contribution in [3.05, 3.63) is 142 Å². The standard InChI is InChI=1S/C37H30F7NO3/c1-47-34(46)31-18-12-25(13-19-31)6-7-27(22-26-8-10-28(23-45)11-9-26)14-17-30-4-2-3-5-33(30)48-24-29-15-20-32(21-16-29)35(38,36(39,40)41)37(42,43)44/h2-5,8-21,27H,6-7,22,24H2,1H3. The monoisotopic (exact) mass is 669 g/mol. The van der Waals surface area contributed by atoms with Crippen molar-refractivity contribution in [2.45, 2.75) is 43.9 Å². The van der Waals surface area contributed by atoms with Crippen molar-refractivity contribution >= 4 is 12.0 Å². The molecule has 4 rings (SSSR count). The molecule has 48 heavy (non-hydrogen) atoms. The minimum absolute atomic E-state index is 0.0297. The molecule has 1 atom stereocenters. The second kappa shape index (κ2) is 15.2. The molecule has 4 nitrogen and oxygen atoms in total. The van der Waals surface area contributed by atoms with E-state index in [-0.39, 0.29) is 18.1 Å². The maximum absolute atomic E-state index is 14.4. The number of allylic oxidation sites excluding steroid dienone is 1. The highest BCUT2D eigenvalue weighted by molar-refractivity contribution is 5.89. The van der Waals surface area contributed by atoms with Crippen LogP contribution in [0.25, 0.3) is 6.08 Å². The molecule has 0 aliphatic carbocycles. The molecule has 0 spiro atoms. The second-order valence-corrected chi connectivity index (χ2v) is 11.0. The number of hydrogen-bond acceptors (Lipinski definition) is 4. The van der Waals surface area contributed by atoms with Gasteiger partial charge < -0.3 is 9.47 Å². The molecule has 0 radical (unpaired) electrons. The van der Waals surface area contributed by atoms with Crippen LogP contribution in [-0.4, -0.2) is 25.4 Å². The van der Waals surface area contributed by atoms with Gasteiger partial charge in [-0.05, 0) is 72.2 Å². The fourth-order valence-corrected chi connectivity index (χ4v) is 5.03. The number of nitriles is 1. The van der Waals surface area contributed by atoms with Crippen LogP contribution in [0.5, 0.6) is 5.75 Å². The number of ether oxygens (including phenoxy) is 2. The van der Waals surface area contributed by atoms with Crippen LogP contribution in [0.1, 0.15) is 50.2 Å². The summed E-state index contributed by atoms with van der Waals surface area (Å²) in [6.07, 6.45) is -6.41. The topological polar surface area (TPSA) is 59.3 Å². The van der Waals surface area contributed by atoms with Gasteiger partial charge in [0.25, 0.3) is 0 Å². The van der Waals surface area contributed by atoms with Crippen LogP contribution in [0.15, 0.2) is 103 Å². The number of carbonyl (C=O) groups excluding carboxylic acids is 1. The van der Waals surface area contributed by atoms with Crippen LogP contribution in [0.2, 0.25) is 0 Å². The highest BCUT2D eigenvalue weighted by Gasteiger charge is 2.73. The number of para-hydroxylation sites is 1. The zero-order chi connectivity index (χ0) is 35.0. The largest absolute Gasteiger partial charge is 0.488 e. The molecule has 0 aliphatic rings. The molecular weight excluding hydrogens is 639 g/mol. The van der Waals surface area contributed by atoms with Crippen molar-refractivity contribution in [2.24, 2.45) is 5.92 Å². The Balaban J connectivity index is 1.50. The smallest absolute Gasteiger partial charge is 0.435 e. The third-order valence-corrected chi connectivity index (χ3v) is 7.75. The quantitative estimate of drug-likeness (QED) is 0.111. The average molecular weight is 670 g/mol. The number of alkyl halides is 7. The summed E-state index contributed by atoms with van der Waals surface area (Å²) in [4.78, 5) is 11.8. The Hall–Kier alpha value is -5.11. The Morgan fingerprint density at radius 2 is 1.38 bits per heavy atom. The van der Waals surface area contributed by atoms with Gasteiger partial charge in [0, 0.05) is 11.1 Å². The normalized spacial score (nSPS) is 12.8. The van der Waals surface area contributed by atoms with Crippen molar-refractivity contribution in [1.29, 1.82) is 5.26 Å². The molecule has 4 aromatic rings. The summed E-state index contributed by atoms with van der Waals surface area (Å²) >= 11 is 0. The first-order chi connectivity index (χ1) is 22.7. The number of benzene rings is 4. The Kier molecular flexibility index (Phi) is 11.3. The predicted molar refractivity (Wildman–Crippen MR) is 166 cm³/mol. The molecule has 0 saturated heterocycles. The van der Waals surface area contributed by atoms with Gasteiger partial charge in [0.05, 0.1) is 24.3 Å². The molecule has 0 saturated carbocycles. The van der Waals surface area contributed by atoms with Gasteiger partial charge in [0.2, 0.25) is 0 Å². The molecular formula is C37H30F7NO3. The van der Waals surface area contributed by atoms with Gasteiger partial charge in [-0.25, -0.2) is 9.18 Å². The van der Waals surface area contributed by atoms with Crippen molar-refractivity contribution in [3.63, 3.8) is 0 Å². The molecule has 250 valence electrons. The zero-order valence-corrected chi connectivity index (χ0v) is 25.6. The minimum Gasteiger partial charge on any atom is -0.488 e. The van der Waals surface area contributed by atoms with E-state index in [1.165, 1.54) is 7.11 Å². The van der Waals surface area contributed by atoms with E-state index in [1.807, 2.05) is 36.4 Å². The fourth-order valence-electron chi connectivity index (χ4n) is 5.03. The van der Waals surface area contributed by atoms with Crippen molar-refractivity contribution < 1.29 is 45.0 Å². The van der Waals surface area contributed by atoms with Gasteiger partial charge in [0.15, 0.2) is 0 Å². The first kappa shape index (κ1) is 35.7. The van der Waals surface area contributed by atoms with Gasteiger partial charge >= 0.3 is 24.0 Å². The van der Waals surface area contributed by atoms with E-state index in [2.05, 4.69) is 6.07 Å². The van der Waals surface area contributed by atoms with E-state index in [9.17, 15) is 35.5 Å². The molecule has 0 bridgehead atoms. The number of nitrogens with zero attached hydrogens (tertiary/aromatic N) is 1. The van der Waals surface area contributed by atoms with Gasteiger partial charge in [-0.2, -0.15) is 31.6 Å². The third-order valence-electron chi connectivity index (χ3n) is 7.75. The van der Waals surface area contributed by atoms with Gasteiger partial charge in [-0.1, -0.05) is 78.9 Å². The summed E-state index contributed by atoms with van der Waals surface area (Å²) in [5.41, 5.74) is -3.13. The number of rotatable bonds is 12. The third kappa shape index (κ3) is 8.62. The predicted octanol–water partition coefficient (Wildman–Crippen LogP) is 9.72. The molecule has 0 fully saturated rings. The van der Waals surface area contributed by atoms with E-state index < -0.39 is 29.6 Å². The van der Waals surface area contributed by atoms with Gasteiger partial charge in [-0.3, -0.25) is 0 Å². The van der Waals surface area contributed by atoms with E-state index in [0.29, 0.717) is 47.4 Å². The molecule has 0 heterocycles. The van der Waals surface area contributed by atoms with Crippen LogP contribution in [0, 0.1) is 17.2 Å². The number of halogens is 7. The first-order valence-electron chi connectivity index (χ1n) is 14.7. The number of esters is 1. The maximum Gasteiger partial charge on any atom is 0.435 e. The van der Waals surface area contributed by atoms with Crippen molar-refractivity contribution in [3.8, 4) is 11.8 Å². The lowest BCUT2D eigenvalue weighted by Crippen LogP contribution is -2.50. The molecule has 4 aromatic carbocycles. The Labute approximate surface area is 273 Å². The van der Waals surface area contributed by atoms with Crippen LogP contribution in [-0.2, 0) is 29.9 Å². The lowest BCUT2D eigenvalue weighted by molar-refractivity contribution is -0.348. The molecule has 0 aromatic heterocycles. The highest BCUT2D eigenvalue weighted by Crippen LogP contribution is 2.53. The van der Waals surface area contributed by atoms with Crippen LogP contribution in [0.3, 0.4) is 0 Å². The minimum atomic E-state index is -6.19. The first-order valence-corrected chi connectivity index (χ1v) is 14.7. The average Bonchev–Trinajstić information content (AvgIpc) is 3.08. The number of carbonyl (C=O) groups is 1. The Morgan fingerprint density at radius 1 is 0.792 bits per heavy atom. The molecule has 0 N–H and O–H groups in total. The van der Waals surface area contributed by atoms with E-state index in [1.54, 1.807) is 48.5 Å². The molecule has 0 amide bonds. The summed E-state index contributed by atoms with van der Waals surface area (Å²) in [5.74, 6) is 0.0200. The van der Waals surface area contributed by atoms with Gasteiger partial charge in [0.1, 0.15) is 12.4 Å². The van der Waals surface area contributed by atoms with Crippen LogP contribution < -0.4 is 4.74 Å². The zero-order valence-electron chi connectivity index (χ0n) is 25.6. The lowest BCUT2D eigenvalue weighted by atomic mass is 9.91. The Morgan fingerprint density at radius 3 is 1.96 bits per heavy atom. The number of methoxy groups -OCH3 is 1. The summed E-state index contributed by atoms with van der Waals surface area (Å²) in [6, 6.07) is 26.3. The van der Waals surface area contributed by atoms with E-state index in [4.69, 9.17) is 14.7 Å². The van der Waals surface area contributed by atoms with Gasteiger partial charge in [-0.15, -0.1) is 0 Å². The summed E-state index contributed by atoms with van der Waals surface area (Å²) in [7, 11) is 1.32. The van der Waals surface area contributed by atoms with Crippen molar-refractivity contribution in [1.82, 2.24) is 0 Å². The van der Waals surface area contributed by atoms with Crippen molar-refractivity contribution in [2.75, 3.05) is 7.11 Å². The maximum atomic E-state index is 14.4. The lowest BCUT2D eigenvalue weighted by Gasteiger charge is -2.30. The molecule has 0 aliphatic heterocycles. The Bertz CT molecular complexity index is 1720. The number of hydrogen-bond donors (Lipinski definition) is 0. The second-order valence-electron chi connectivity index (χ2n) is 11.0.